The molecule has 1 aliphatic rings. The van der Waals surface area contributed by atoms with E-state index in [1.165, 1.54) is 19.3 Å². The highest BCUT2D eigenvalue weighted by Gasteiger charge is 2.20. The van der Waals surface area contributed by atoms with E-state index in [0.29, 0.717) is 12.1 Å². The average molecular weight is 196 g/mol. The van der Waals surface area contributed by atoms with Crippen molar-refractivity contribution in [2.75, 3.05) is 13.2 Å². The number of hydrogen-bond acceptors (Lipinski definition) is 3. The Morgan fingerprint density at radius 1 is 1.36 bits per heavy atom. The van der Waals surface area contributed by atoms with Gasteiger partial charge in [0.05, 0.1) is 12.2 Å². The zero-order chi connectivity index (χ0) is 10.2. The highest BCUT2D eigenvalue weighted by Crippen LogP contribution is 2.20. The Hall–Kier alpha value is -0.590. The van der Waals surface area contributed by atoms with Crippen molar-refractivity contribution < 1.29 is 4.74 Å². The lowest BCUT2D eigenvalue weighted by molar-refractivity contribution is 0.0420. The first kappa shape index (κ1) is 11.5. The number of rotatable bonds is 5. The molecule has 0 heterocycles. The molecule has 0 saturated heterocycles. The molecule has 0 aromatic carbocycles. The molecule has 1 rings (SSSR count). The predicted molar refractivity (Wildman–Crippen MR) is 55.9 cm³/mol. The predicted octanol–water partition coefficient (Wildman–Crippen LogP) is 1.84. The van der Waals surface area contributed by atoms with E-state index < -0.39 is 0 Å². The van der Waals surface area contributed by atoms with Gasteiger partial charge in [-0.3, -0.25) is 0 Å². The summed E-state index contributed by atoms with van der Waals surface area (Å²) in [7, 11) is 0. The summed E-state index contributed by atoms with van der Waals surface area (Å²) in [5.41, 5.74) is 0. The lowest BCUT2D eigenvalue weighted by Gasteiger charge is -2.28. The first-order valence-corrected chi connectivity index (χ1v) is 5.58. The number of ether oxygens (including phenoxy) is 1. The molecule has 0 atom stereocenters. The van der Waals surface area contributed by atoms with Gasteiger partial charge in [-0.1, -0.05) is 6.92 Å². The van der Waals surface area contributed by atoms with Crippen LogP contribution in [0.4, 0.5) is 0 Å². The zero-order valence-corrected chi connectivity index (χ0v) is 8.96. The molecule has 0 aromatic heterocycles. The topological polar surface area (TPSA) is 45.0 Å². The summed E-state index contributed by atoms with van der Waals surface area (Å²) in [6.45, 7) is 3.56. The van der Waals surface area contributed by atoms with Crippen LogP contribution in [0, 0.1) is 11.3 Å². The smallest absolute Gasteiger partial charge is 0.134 e. The van der Waals surface area contributed by atoms with Crippen LogP contribution in [0.3, 0.4) is 0 Å². The van der Waals surface area contributed by atoms with Crippen molar-refractivity contribution in [2.24, 2.45) is 0 Å². The molecule has 0 radical (unpaired) electrons. The molecule has 3 nitrogen and oxygen atoms in total. The van der Waals surface area contributed by atoms with Crippen LogP contribution in [0.5, 0.6) is 0 Å². The third-order valence-corrected chi connectivity index (χ3v) is 2.74. The maximum absolute atomic E-state index is 8.38. The molecule has 0 spiro atoms. The summed E-state index contributed by atoms with van der Waals surface area (Å²) >= 11 is 0. The van der Waals surface area contributed by atoms with Crippen LogP contribution < -0.4 is 5.32 Å². The summed E-state index contributed by atoms with van der Waals surface area (Å²) < 4.78 is 5.40. The Morgan fingerprint density at radius 2 is 2.07 bits per heavy atom. The summed E-state index contributed by atoms with van der Waals surface area (Å²) in [4.78, 5) is 0. The van der Waals surface area contributed by atoms with E-state index in [0.717, 1.165) is 19.4 Å². The van der Waals surface area contributed by atoms with E-state index in [2.05, 4.69) is 12.2 Å². The lowest BCUT2D eigenvalue weighted by Crippen LogP contribution is -2.35. The van der Waals surface area contributed by atoms with Gasteiger partial charge in [0.1, 0.15) is 6.61 Å². The van der Waals surface area contributed by atoms with Crippen LogP contribution in [0.15, 0.2) is 0 Å². The second-order valence-corrected chi connectivity index (χ2v) is 3.90. The van der Waals surface area contributed by atoms with E-state index in [4.69, 9.17) is 10.00 Å². The van der Waals surface area contributed by atoms with E-state index >= 15 is 0 Å². The van der Waals surface area contributed by atoms with Crippen molar-refractivity contribution >= 4 is 0 Å². The van der Waals surface area contributed by atoms with Crippen LogP contribution in [-0.2, 0) is 4.74 Å². The summed E-state index contributed by atoms with van der Waals surface area (Å²) in [6.07, 6.45) is 6.11. The molecule has 1 saturated carbocycles. The fourth-order valence-corrected chi connectivity index (χ4v) is 1.94. The van der Waals surface area contributed by atoms with E-state index in [1.54, 1.807) is 0 Å². The number of nitrogens with zero attached hydrogens (tertiary/aromatic N) is 1. The number of nitrogens with one attached hydrogen (secondary N) is 1. The number of nitriles is 1. The molecule has 0 unspecified atom stereocenters. The maximum atomic E-state index is 8.38. The van der Waals surface area contributed by atoms with E-state index in [9.17, 15) is 0 Å². The monoisotopic (exact) mass is 196 g/mol. The molecule has 0 aliphatic heterocycles. The van der Waals surface area contributed by atoms with Crippen molar-refractivity contribution in [3.63, 3.8) is 0 Å². The second-order valence-electron chi connectivity index (χ2n) is 3.90. The van der Waals surface area contributed by atoms with Crippen molar-refractivity contribution in [3.05, 3.63) is 0 Å². The maximum Gasteiger partial charge on any atom is 0.134 e. The third kappa shape index (κ3) is 4.08. The Labute approximate surface area is 86.4 Å². The van der Waals surface area contributed by atoms with Crippen LogP contribution >= 0.6 is 0 Å². The zero-order valence-electron chi connectivity index (χ0n) is 8.96. The van der Waals surface area contributed by atoms with E-state index in [-0.39, 0.29) is 6.61 Å². The molecule has 0 aromatic rings. The minimum atomic E-state index is 0.248. The second kappa shape index (κ2) is 6.80. The molecule has 3 heteroatoms. The SMILES string of the molecule is CCCNC1CCC(OCC#N)CC1. The molecule has 1 fully saturated rings. The lowest BCUT2D eigenvalue weighted by atomic mass is 9.93. The van der Waals surface area contributed by atoms with Crippen LogP contribution in [0.25, 0.3) is 0 Å². The van der Waals surface area contributed by atoms with Gasteiger partial charge in [0.25, 0.3) is 0 Å². The minimum Gasteiger partial charge on any atom is -0.363 e. The van der Waals surface area contributed by atoms with Crippen molar-refractivity contribution in [2.45, 2.75) is 51.2 Å². The average Bonchev–Trinajstić information content (AvgIpc) is 2.25. The molecule has 80 valence electrons. The first-order valence-electron chi connectivity index (χ1n) is 5.58. The molecular formula is C11H20N2O. The Morgan fingerprint density at radius 3 is 2.64 bits per heavy atom. The highest BCUT2D eigenvalue weighted by molar-refractivity contribution is 4.78. The van der Waals surface area contributed by atoms with Gasteiger partial charge in [0.15, 0.2) is 0 Å². The van der Waals surface area contributed by atoms with Gasteiger partial charge in [-0.2, -0.15) is 5.26 Å². The van der Waals surface area contributed by atoms with Gasteiger partial charge in [-0.25, -0.2) is 0 Å². The van der Waals surface area contributed by atoms with Gasteiger partial charge < -0.3 is 10.1 Å². The van der Waals surface area contributed by atoms with E-state index in [1.807, 2.05) is 6.07 Å². The Kier molecular flexibility index (Phi) is 5.58. The van der Waals surface area contributed by atoms with Gasteiger partial charge in [-0.05, 0) is 38.6 Å². The normalized spacial score (nSPS) is 27.1. The first-order chi connectivity index (χ1) is 6.86. The van der Waals surface area contributed by atoms with Gasteiger partial charge in [-0.15, -0.1) is 0 Å². The van der Waals surface area contributed by atoms with Crippen LogP contribution in [0.2, 0.25) is 0 Å². The van der Waals surface area contributed by atoms with Gasteiger partial charge in [0, 0.05) is 6.04 Å². The number of hydrogen-bond donors (Lipinski definition) is 1. The molecule has 1 N–H and O–H groups in total. The Balaban J connectivity index is 2.09. The third-order valence-electron chi connectivity index (χ3n) is 2.74. The molecule has 1 aliphatic carbocycles. The molecule has 0 amide bonds. The molecule has 0 bridgehead atoms. The van der Waals surface area contributed by atoms with Crippen molar-refractivity contribution in [1.29, 1.82) is 5.26 Å². The summed E-state index contributed by atoms with van der Waals surface area (Å²) in [6, 6.07) is 2.70. The van der Waals surface area contributed by atoms with Crippen molar-refractivity contribution in [3.8, 4) is 6.07 Å². The summed E-state index contributed by atoms with van der Waals surface area (Å²) in [5.74, 6) is 0. The minimum absolute atomic E-state index is 0.248. The molecule has 14 heavy (non-hydrogen) atoms. The van der Waals surface area contributed by atoms with Gasteiger partial charge in [0.2, 0.25) is 0 Å². The standard InChI is InChI=1S/C11H20N2O/c1-2-8-13-10-3-5-11(6-4-10)14-9-7-12/h10-11,13H,2-6,8-9H2,1H3. The van der Waals surface area contributed by atoms with Gasteiger partial charge >= 0.3 is 0 Å². The van der Waals surface area contributed by atoms with Crippen LogP contribution in [-0.4, -0.2) is 25.3 Å². The summed E-state index contributed by atoms with van der Waals surface area (Å²) in [5, 5.41) is 11.9. The fourth-order valence-electron chi connectivity index (χ4n) is 1.94. The van der Waals surface area contributed by atoms with Crippen molar-refractivity contribution in [1.82, 2.24) is 5.32 Å². The Bertz CT molecular complexity index is 180. The quantitative estimate of drug-likeness (QED) is 0.729. The fraction of sp³-hybridized carbons (Fsp3) is 0.909. The van der Waals surface area contributed by atoms with Crippen LogP contribution in [0.1, 0.15) is 39.0 Å². The highest BCUT2D eigenvalue weighted by atomic mass is 16.5. The molecular weight excluding hydrogens is 176 g/mol. The largest absolute Gasteiger partial charge is 0.363 e.